The molecule has 140 valence electrons. The molecular weight excluding hydrogens is 352 g/mol. The number of hydrogen-bond donors (Lipinski definition) is 4. The van der Waals surface area contributed by atoms with E-state index in [4.69, 9.17) is 0 Å². The van der Waals surface area contributed by atoms with E-state index < -0.39 is 0 Å². The molecule has 4 aromatic rings. The summed E-state index contributed by atoms with van der Waals surface area (Å²) in [7, 11) is 0. The summed E-state index contributed by atoms with van der Waals surface area (Å²) in [5, 5.41) is 17.0. The molecule has 2 amide bonds. The third-order valence-corrected chi connectivity index (χ3v) is 4.37. The molecule has 1 atom stereocenters. The summed E-state index contributed by atoms with van der Waals surface area (Å²) >= 11 is 0. The molecule has 28 heavy (non-hydrogen) atoms. The van der Waals surface area contributed by atoms with Gasteiger partial charge < -0.3 is 10.6 Å². The Labute approximate surface area is 162 Å². The molecule has 0 aliphatic carbocycles. The first kappa shape index (κ1) is 17.5. The predicted octanol–water partition coefficient (Wildman–Crippen LogP) is 4.58. The molecule has 4 N–H and O–H groups in total. The molecule has 4 rings (SSSR count). The number of aromatic nitrogens is 3. The van der Waals surface area contributed by atoms with Crippen molar-refractivity contribution in [1.82, 2.24) is 20.5 Å². The molecule has 7 nitrogen and oxygen atoms in total. The lowest BCUT2D eigenvalue weighted by atomic mass is 10.1. The molecule has 0 fully saturated rings. The predicted molar refractivity (Wildman–Crippen MR) is 111 cm³/mol. The van der Waals surface area contributed by atoms with E-state index in [9.17, 15) is 4.79 Å². The van der Waals surface area contributed by atoms with E-state index in [0.717, 1.165) is 22.2 Å². The fourth-order valence-electron chi connectivity index (χ4n) is 2.91. The van der Waals surface area contributed by atoms with E-state index in [-0.39, 0.29) is 12.1 Å². The fraction of sp³-hybridized carbons (Fsp3) is 0.0952. The number of nitrogens with zero attached hydrogens (tertiary/aromatic N) is 2. The number of anilines is 3. The first-order valence-corrected chi connectivity index (χ1v) is 8.98. The average molecular weight is 372 g/mol. The van der Waals surface area contributed by atoms with Crippen molar-refractivity contribution in [2.45, 2.75) is 13.0 Å². The van der Waals surface area contributed by atoms with Crippen LogP contribution in [0.3, 0.4) is 0 Å². The van der Waals surface area contributed by atoms with Crippen molar-refractivity contribution in [3.8, 4) is 0 Å². The minimum absolute atomic E-state index is 0.112. The van der Waals surface area contributed by atoms with Crippen LogP contribution >= 0.6 is 0 Å². The first-order valence-electron chi connectivity index (χ1n) is 8.98. The number of para-hydroxylation sites is 1. The summed E-state index contributed by atoms with van der Waals surface area (Å²) in [6.07, 6.45) is 1.68. The number of rotatable bonds is 5. The highest BCUT2D eigenvalue weighted by Gasteiger charge is 2.12. The molecule has 1 unspecified atom stereocenters. The highest BCUT2D eigenvalue weighted by molar-refractivity contribution is 5.95. The van der Waals surface area contributed by atoms with E-state index in [1.807, 2.05) is 67.6 Å². The number of urea groups is 1. The van der Waals surface area contributed by atoms with Gasteiger partial charge in [-0.05, 0) is 24.6 Å². The lowest BCUT2D eigenvalue weighted by Crippen LogP contribution is -2.31. The zero-order valence-corrected chi connectivity index (χ0v) is 15.3. The van der Waals surface area contributed by atoms with Crippen LogP contribution < -0.4 is 16.0 Å². The maximum Gasteiger partial charge on any atom is 0.320 e. The number of pyridine rings is 1. The Balaban J connectivity index is 1.44. The van der Waals surface area contributed by atoms with Crippen LogP contribution in [0.2, 0.25) is 0 Å². The summed E-state index contributed by atoms with van der Waals surface area (Å²) in [4.78, 5) is 16.6. The second-order valence-corrected chi connectivity index (χ2v) is 6.41. The van der Waals surface area contributed by atoms with Gasteiger partial charge in [0.15, 0.2) is 5.82 Å². The Morgan fingerprint density at radius 2 is 1.75 bits per heavy atom. The monoisotopic (exact) mass is 372 g/mol. The maximum atomic E-state index is 12.3. The van der Waals surface area contributed by atoms with Gasteiger partial charge in [0.1, 0.15) is 5.82 Å². The van der Waals surface area contributed by atoms with Crippen LogP contribution in [0.1, 0.15) is 18.5 Å². The summed E-state index contributed by atoms with van der Waals surface area (Å²) in [6.45, 7) is 1.93. The van der Waals surface area contributed by atoms with Crippen LogP contribution in [-0.2, 0) is 0 Å². The van der Waals surface area contributed by atoms with Crippen LogP contribution in [0.4, 0.5) is 22.1 Å². The molecule has 0 spiro atoms. The minimum atomic E-state index is -0.314. The summed E-state index contributed by atoms with van der Waals surface area (Å²) in [6, 6.07) is 20.9. The van der Waals surface area contributed by atoms with E-state index in [2.05, 4.69) is 31.1 Å². The maximum absolute atomic E-state index is 12.3. The second-order valence-electron chi connectivity index (χ2n) is 6.41. The average Bonchev–Trinajstić information content (AvgIpc) is 3.11. The van der Waals surface area contributed by atoms with Gasteiger partial charge >= 0.3 is 6.03 Å². The Bertz CT molecular complexity index is 1080. The normalized spacial score (nSPS) is 11.8. The number of H-pyrrole nitrogens is 1. The molecule has 0 bridgehead atoms. The summed E-state index contributed by atoms with van der Waals surface area (Å²) in [5.74, 6) is 1.13. The Morgan fingerprint density at radius 3 is 2.50 bits per heavy atom. The van der Waals surface area contributed by atoms with Gasteiger partial charge in [0.05, 0.1) is 16.9 Å². The summed E-state index contributed by atoms with van der Waals surface area (Å²) < 4.78 is 0. The molecule has 2 aromatic heterocycles. The Hall–Kier alpha value is -3.87. The largest absolute Gasteiger partial charge is 0.338 e. The third kappa shape index (κ3) is 3.93. The van der Waals surface area contributed by atoms with Gasteiger partial charge in [-0.3, -0.25) is 10.4 Å². The van der Waals surface area contributed by atoms with Gasteiger partial charge in [0, 0.05) is 18.0 Å². The fourth-order valence-corrected chi connectivity index (χ4v) is 2.91. The Morgan fingerprint density at radius 1 is 1.04 bits per heavy atom. The van der Waals surface area contributed by atoms with Crippen molar-refractivity contribution in [2.75, 3.05) is 10.6 Å². The molecular formula is C21H20N6O. The standard InChI is InChI=1S/C21H20N6O/c1-14(15-8-4-2-5-9-15)23-21(28)25-19-12-18-17(13-22-19)20(27-26-18)24-16-10-6-3-7-11-16/h2-14H,1H3,(H2,24,26,27)(H2,22,23,25,28). The highest BCUT2D eigenvalue weighted by Crippen LogP contribution is 2.24. The van der Waals surface area contributed by atoms with Gasteiger partial charge in [-0.25, -0.2) is 9.78 Å². The Kier molecular flexibility index (Phi) is 4.88. The molecule has 0 radical (unpaired) electrons. The molecule has 0 saturated heterocycles. The second kappa shape index (κ2) is 7.79. The van der Waals surface area contributed by atoms with Crippen LogP contribution in [0.5, 0.6) is 0 Å². The van der Waals surface area contributed by atoms with Gasteiger partial charge in [-0.2, -0.15) is 5.10 Å². The van der Waals surface area contributed by atoms with E-state index in [0.29, 0.717) is 11.6 Å². The van der Waals surface area contributed by atoms with Crippen molar-refractivity contribution in [3.05, 3.63) is 78.5 Å². The quantitative estimate of drug-likeness (QED) is 0.412. The van der Waals surface area contributed by atoms with E-state index in [1.54, 1.807) is 12.3 Å². The number of aromatic amines is 1. The number of carbonyl (C=O) groups excluding carboxylic acids is 1. The van der Waals surface area contributed by atoms with Crippen LogP contribution in [-0.4, -0.2) is 21.2 Å². The molecule has 0 aliphatic heterocycles. The van der Waals surface area contributed by atoms with Gasteiger partial charge in [-0.1, -0.05) is 48.5 Å². The zero-order chi connectivity index (χ0) is 19.3. The molecule has 2 aromatic carbocycles. The molecule has 2 heterocycles. The van der Waals surface area contributed by atoms with E-state index in [1.165, 1.54) is 0 Å². The number of fused-ring (bicyclic) bond motifs is 1. The molecule has 0 aliphatic rings. The molecule has 7 heteroatoms. The van der Waals surface area contributed by atoms with Crippen molar-refractivity contribution < 1.29 is 4.79 Å². The number of carbonyl (C=O) groups is 1. The van der Waals surface area contributed by atoms with Gasteiger partial charge in [0.2, 0.25) is 0 Å². The summed E-state index contributed by atoms with van der Waals surface area (Å²) in [5.41, 5.74) is 2.75. The topological polar surface area (TPSA) is 94.7 Å². The van der Waals surface area contributed by atoms with Crippen LogP contribution in [0.25, 0.3) is 10.9 Å². The molecule has 0 saturated carbocycles. The lowest BCUT2D eigenvalue weighted by molar-refractivity contribution is 0.249. The lowest BCUT2D eigenvalue weighted by Gasteiger charge is -2.14. The zero-order valence-electron chi connectivity index (χ0n) is 15.3. The number of nitrogens with one attached hydrogen (secondary N) is 4. The number of amides is 2. The van der Waals surface area contributed by atoms with Crippen molar-refractivity contribution in [3.63, 3.8) is 0 Å². The first-order chi connectivity index (χ1) is 13.7. The van der Waals surface area contributed by atoms with Crippen LogP contribution in [0.15, 0.2) is 72.9 Å². The van der Waals surface area contributed by atoms with E-state index >= 15 is 0 Å². The van der Waals surface area contributed by atoms with Gasteiger partial charge in [0.25, 0.3) is 0 Å². The minimum Gasteiger partial charge on any atom is -0.338 e. The van der Waals surface area contributed by atoms with Crippen molar-refractivity contribution in [1.29, 1.82) is 0 Å². The van der Waals surface area contributed by atoms with Crippen molar-refractivity contribution in [2.24, 2.45) is 0 Å². The smallest absolute Gasteiger partial charge is 0.320 e. The van der Waals surface area contributed by atoms with Gasteiger partial charge in [-0.15, -0.1) is 0 Å². The third-order valence-electron chi connectivity index (χ3n) is 4.37. The SMILES string of the molecule is CC(NC(=O)Nc1cc2[nH]nc(Nc3ccccc3)c2cn1)c1ccccc1. The highest BCUT2D eigenvalue weighted by atomic mass is 16.2. The number of benzene rings is 2. The van der Waals surface area contributed by atoms with Crippen molar-refractivity contribution >= 4 is 34.3 Å². The number of hydrogen-bond acceptors (Lipinski definition) is 4. The van der Waals surface area contributed by atoms with Crippen LogP contribution in [0, 0.1) is 0 Å².